The van der Waals surface area contributed by atoms with Gasteiger partial charge in [-0.1, -0.05) is 0 Å². The van der Waals surface area contributed by atoms with Gasteiger partial charge < -0.3 is 14.2 Å². The number of fused-ring (bicyclic) bond motifs is 2. The summed E-state index contributed by atoms with van der Waals surface area (Å²) in [6.45, 7) is -0.707. The zero-order valence-electron chi connectivity index (χ0n) is 22.3. The minimum absolute atomic E-state index is 0.0656. The van der Waals surface area contributed by atoms with Gasteiger partial charge in [-0.2, -0.15) is 5.10 Å². The highest BCUT2D eigenvalue weighted by Gasteiger charge is 2.34. The Hall–Kier alpha value is -4.41. The Morgan fingerprint density at radius 3 is 2.61 bits per heavy atom. The summed E-state index contributed by atoms with van der Waals surface area (Å²) in [5.74, 6) is 0.551. The van der Waals surface area contributed by atoms with Crippen LogP contribution in [0.2, 0.25) is 0 Å². The van der Waals surface area contributed by atoms with Gasteiger partial charge in [0, 0.05) is 30.6 Å². The molecular formula is C25H23F2N5O4. The molecule has 0 saturated carbocycles. The third-order valence-corrected chi connectivity index (χ3v) is 5.77. The molecule has 1 aliphatic rings. The molecule has 0 unspecified atom stereocenters. The number of carbonyl (C=O) groups excluding carboxylic acids is 1. The van der Waals surface area contributed by atoms with E-state index >= 15 is 0 Å². The van der Waals surface area contributed by atoms with Crippen molar-refractivity contribution in [2.45, 2.75) is 13.0 Å². The first-order chi connectivity index (χ1) is 18.5. The number of anilines is 3. The first-order valence-electron chi connectivity index (χ1n) is 12.4. The summed E-state index contributed by atoms with van der Waals surface area (Å²) in [5, 5.41) is 5.12. The number of nitrogens with zero attached hydrogens (tertiary/aromatic N) is 5. The van der Waals surface area contributed by atoms with E-state index in [9.17, 15) is 13.6 Å². The van der Waals surface area contributed by atoms with E-state index in [2.05, 4.69) is 10.1 Å². The van der Waals surface area contributed by atoms with Crippen molar-refractivity contribution in [1.82, 2.24) is 14.8 Å². The van der Waals surface area contributed by atoms with E-state index in [0.717, 1.165) is 0 Å². The summed E-state index contributed by atoms with van der Waals surface area (Å²) in [7, 11) is 0.647. The largest absolute Gasteiger partial charge is 0.497 e. The predicted molar refractivity (Wildman–Crippen MR) is 130 cm³/mol. The number of methoxy groups -OCH3 is 2. The molecule has 2 aromatic heterocycles. The number of alkyl halides is 2. The molecule has 0 spiro atoms. The Morgan fingerprint density at radius 2 is 1.89 bits per heavy atom. The molecule has 0 bridgehead atoms. The van der Waals surface area contributed by atoms with Gasteiger partial charge in [0.05, 0.1) is 47.1 Å². The molecule has 0 aliphatic carbocycles. The number of hydrogen-bond acceptors (Lipinski definition) is 6. The highest BCUT2D eigenvalue weighted by atomic mass is 19.3. The number of halogens is 2. The van der Waals surface area contributed by atoms with Crippen LogP contribution in [0.4, 0.5) is 30.6 Å². The summed E-state index contributed by atoms with van der Waals surface area (Å²) < 4.78 is 64.5. The molecule has 0 fully saturated rings. The molecule has 9 nitrogen and oxygen atoms in total. The summed E-state index contributed by atoms with van der Waals surface area (Å²) >= 11 is 0. The van der Waals surface area contributed by atoms with Crippen molar-refractivity contribution >= 4 is 34.0 Å². The van der Waals surface area contributed by atoms with Crippen molar-refractivity contribution < 1.29 is 31.9 Å². The van der Waals surface area contributed by atoms with E-state index in [-0.39, 0.29) is 18.2 Å². The van der Waals surface area contributed by atoms with E-state index < -0.39 is 26.1 Å². The second-order valence-electron chi connectivity index (χ2n) is 7.99. The van der Waals surface area contributed by atoms with Gasteiger partial charge in [0.1, 0.15) is 5.75 Å². The fraction of sp³-hybridized carbons (Fsp3) is 0.240. The number of aryl methyl sites for hydroxylation is 1. The van der Waals surface area contributed by atoms with Crippen molar-refractivity contribution in [3.63, 3.8) is 0 Å². The SMILES string of the molecule is [2H]C([2H])([2H])Oc1ccc(N2C(=O)N(c3ccc4nn(C)c(OC)c4c3)Cc3cnc(OCC(F)F)cc32)cc1. The third kappa shape index (κ3) is 4.12. The molecule has 36 heavy (non-hydrogen) atoms. The normalized spacial score (nSPS) is 14.9. The van der Waals surface area contributed by atoms with Gasteiger partial charge in [-0.15, -0.1) is 0 Å². The van der Waals surface area contributed by atoms with Crippen LogP contribution in [0.15, 0.2) is 54.7 Å². The topological polar surface area (TPSA) is 82.0 Å². The minimum Gasteiger partial charge on any atom is -0.497 e. The molecule has 2 aromatic carbocycles. The van der Waals surface area contributed by atoms with Gasteiger partial charge in [0.15, 0.2) is 6.61 Å². The highest BCUT2D eigenvalue weighted by molar-refractivity contribution is 6.11. The van der Waals surface area contributed by atoms with E-state index in [4.69, 9.17) is 18.3 Å². The Balaban J connectivity index is 1.57. The van der Waals surface area contributed by atoms with Crippen LogP contribution in [0.25, 0.3) is 10.9 Å². The van der Waals surface area contributed by atoms with Crippen molar-refractivity contribution in [3.8, 4) is 17.5 Å². The molecule has 3 heterocycles. The van der Waals surface area contributed by atoms with Crippen LogP contribution < -0.4 is 24.0 Å². The van der Waals surface area contributed by atoms with Gasteiger partial charge in [-0.3, -0.25) is 9.80 Å². The van der Waals surface area contributed by atoms with Crippen LogP contribution in [0.3, 0.4) is 0 Å². The monoisotopic (exact) mass is 498 g/mol. The van der Waals surface area contributed by atoms with Crippen molar-refractivity contribution in [2.24, 2.45) is 7.05 Å². The maximum Gasteiger partial charge on any atom is 0.333 e. The lowest BCUT2D eigenvalue weighted by molar-refractivity contribution is 0.0796. The molecule has 2 amide bonds. The fourth-order valence-corrected chi connectivity index (χ4v) is 4.16. The van der Waals surface area contributed by atoms with Crippen LogP contribution >= 0.6 is 0 Å². The van der Waals surface area contributed by atoms with E-state index in [0.29, 0.717) is 39.4 Å². The van der Waals surface area contributed by atoms with E-state index in [1.54, 1.807) is 29.9 Å². The molecule has 11 heteroatoms. The molecule has 5 rings (SSSR count). The summed E-state index contributed by atoms with van der Waals surface area (Å²) in [5.41, 5.74) is 2.65. The quantitative estimate of drug-likeness (QED) is 0.360. The minimum atomic E-state index is -2.69. The Bertz CT molecular complexity index is 1530. The van der Waals surface area contributed by atoms with Crippen LogP contribution in [0.1, 0.15) is 9.68 Å². The second-order valence-corrected chi connectivity index (χ2v) is 7.99. The summed E-state index contributed by atoms with van der Waals surface area (Å²) in [4.78, 5) is 21.0. The van der Waals surface area contributed by atoms with Crippen molar-refractivity contribution in [1.29, 1.82) is 0 Å². The average Bonchev–Trinajstić information content (AvgIpc) is 3.20. The van der Waals surface area contributed by atoms with Crippen molar-refractivity contribution in [2.75, 3.05) is 30.6 Å². The smallest absolute Gasteiger partial charge is 0.333 e. The lowest BCUT2D eigenvalue weighted by atomic mass is 10.1. The second kappa shape index (κ2) is 9.33. The zero-order valence-corrected chi connectivity index (χ0v) is 19.3. The van der Waals surface area contributed by atoms with E-state index in [1.165, 1.54) is 53.4 Å². The molecule has 186 valence electrons. The number of urea groups is 1. The number of hydrogen-bond donors (Lipinski definition) is 0. The Labute approximate surface area is 209 Å². The van der Waals surface area contributed by atoms with Crippen LogP contribution in [0, 0.1) is 0 Å². The number of benzene rings is 2. The Morgan fingerprint density at radius 1 is 1.11 bits per heavy atom. The molecule has 0 saturated heterocycles. The van der Waals surface area contributed by atoms with Crippen LogP contribution in [-0.4, -0.2) is 48.0 Å². The maximum atomic E-state index is 14.0. The fourth-order valence-electron chi connectivity index (χ4n) is 4.16. The third-order valence-electron chi connectivity index (χ3n) is 5.77. The highest BCUT2D eigenvalue weighted by Crippen LogP contribution is 2.39. The first kappa shape index (κ1) is 19.8. The van der Waals surface area contributed by atoms with Gasteiger partial charge in [0.25, 0.3) is 6.43 Å². The first-order valence-corrected chi connectivity index (χ1v) is 10.9. The van der Waals surface area contributed by atoms with Crippen LogP contribution in [-0.2, 0) is 13.6 Å². The maximum absolute atomic E-state index is 14.0. The average molecular weight is 499 g/mol. The van der Waals surface area contributed by atoms with Crippen molar-refractivity contribution in [3.05, 3.63) is 60.3 Å². The number of ether oxygens (including phenoxy) is 3. The molecule has 0 N–H and O–H groups in total. The van der Waals surface area contributed by atoms with Gasteiger partial charge in [-0.05, 0) is 42.5 Å². The number of carbonyl (C=O) groups is 1. The zero-order chi connectivity index (χ0) is 27.9. The molecule has 0 radical (unpaired) electrons. The lowest BCUT2D eigenvalue weighted by Crippen LogP contribution is -2.45. The summed E-state index contributed by atoms with van der Waals surface area (Å²) in [6, 6.07) is 12.2. The number of aromatic nitrogens is 3. The molecule has 1 aliphatic heterocycles. The molecular weight excluding hydrogens is 472 g/mol. The standard InChI is InChI=1S/C25H23F2N5O4/c1-30-24(35-3)19-10-17(6-9-20(19)29-30)31-13-15-12-28-23(36-14-22(26)27)11-21(15)32(25(31)33)16-4-7-18(34-2)8-5-16/h4-12,22H,13-14H2,1-3H3/i2D3. The van der Waals surface area contributed by atoms with Gasteiger partial charge >= 0.3 is 6.03 Å². The molecule has 0 atom stereocenters. The number of pyridine rings is 1. The van der Waals surface area contributed by atoms with Gasteiger partial charge in [-0.25, -0.2) is 23.2 Å². The summed E-state index contributed by atoms with van der Waals surface area (Å²) in [6.07, 6.45) is -1.22. The Kier molecular flexibility index (Phi) is 5.14. The van der Waals surface area contributed by atoms with E-state index in [1.807, 2.05) is 0 Å². The number of amides is 2. The van der Waals surface area contributed by atoms with Gasteiger partial charge in [0.2, 0.25) is 11.8 Å². The van der Waals surface area contributed by atoms with Crippen LogP contribution in [0.5, 0.6) is 17.5 Å². The predicted octanol–water partition coefficient (Wildman–Crippen LogP) is 4.91. The molecule has 4 aromatic rings. The lowest BCUT2D eigenvalue weighted by Gasteiger charge is -2.37. The number of rotatable bonds is 7.